The van der Waals surface area contributed by atoms with Crippen LogP contribution < -0.4 is 20.5 Å². The van der Waals surface area contributed by atoms with Crippen LogP contribution in [0.5, 0.6) is 5.75 Å². The summed E-state index contributed by atoms with van der Waals surface area (Å²) in [5, 5.41) is 8.72. The summed E-state index contributed by atoms with van der Waals surface area (Å²) < 4.78 is 7.44. The zero-order valence-corrected chi connectivity index (χ0v) is 18.3. The predicted molar refractivity (Wildman–Crippen MR) is 122 cm³/mol. The van der Waals surface area contributed by atoms with Crippen molar-refractivity contribution in [1.82, 2.24) is 25.1 Å². The summed E-state index contributed by atoms with van der Waals surface area (Å²) in [7, 11) is 3.53. The molecule has 0 atom stereocenters. The zero-order valence-electron chi connectivity index (χ0n) is 18.3. The minimum absolute atomic E-state index is 0.123. The number of rotatable bonds is 4. The van der Waals surface area contributed by atoms with Gasteiger partial charge in [0.2, 0.25) is 0 Å². The average molecular weight is 423 g/mol. The molecule has 164 valence electrons. The third-order valence-electron chi connectivity index (χ3n) is 6.63. The molecule has 1 aromatic carbocycles. The fourth-order valence-corrected chi connectivity index (χ4v) is 4.97. The quantitative estimate of drug-likeness (QED) is 0.672. The van der Waals surface area contributed by atoms with E-state index in [4.69, 9.17) is 14.8 Å². The normalized spacial score (nSPS) is 17.9. The van der Waals surface area contributed by atoms with E-state index in [0.717, 1.165) is 56.0 Å². The Morgan fingerprint density at radius 1 is 1.13 bits per heavy atom. The van der Waals surface area contributed by atoms with E-state index in [9.17, 15) is 4.79 Å². The first-order valence-corrected chi connectivity index (χ1v) is 11.3. The lowest BCUT2D eigenvalue weighted by atomic mass is 9.86. The van der Waals surface area contributed by atoms with E-state index in [0.29, 0.717) is 28.5 Å². The van der Waals surface area contributed by atoms with E-state index in [2.05, 4.69) is 21.3 Å². The second kappa shape index (κ2) is 8.34. The van der Waals surface area contributed by atoms with Crippen LogP contribution in [0.1, 0.15) is 43.7 Å². The molecule has 3 heterocycles. The molecule has 5 rings (SSSR count). The molecule has 3 aromatic rings. The highest BCUT2D eigenvalue weighted by Gasteiger charge is 2.25. The largest absolute Gasteiger partial charge is 0.496 e. The van der Waals surface area contributed by atoms with E-state index in [1.807, 2.05) is 19.2 Å². The Bertz CT molecular complexity index is 1140. The molecule has 1 saturated heterocycles. The van der Waals surface area contributed by atoms with Gasteiger partial charge in [-0.1, -0.05) is 19.3 Å². The standard InChI is InChI=1S/C23H30N6O2/c1-28-22-19(20(27-28)15-6-4-3-5-7-15)23(30)26-21(25-22)17-9-8-16(14-18(17)31-2)29-12-10-24-11-13-29/h8-9,14-15,24H,3-7,10-13H2,1-2H3,(H,25,26,30). The second-order valence-corrected chi connectivity index (χ2v) is 8.58. The summed E-state index contributed by atoms with van der Waals surface area (Å²) in [5.41, 5.74) is 3.31. The Morgan fingerprint density at radius 2 is 1.90 bits per heavy atom. The summed E-state index contributed by atoms with van der Waals surface area (Å²) >= 11 is 0. The minimum atomic E-state index is -0.123. The van der Waals surface area contributed by atoms with Gasteiger partial charge in [0.05, 0.1) is 18.4 Å². The molecule has 2 aromatic heterocycles. The molecule has 2 aliphatic rings. The molecule has 0 radical (unpaired) electrons. The number of aryl methyl sites for hydroxylation is 1. The second-order valence-electron chi connectivity index (χ2n) is 8.58. The number of benzene rings is 1. The summed E-state index contributed by atoms with van der Waals surface area (Å²) in [6.45, 7) is 3.86. The van der Waals surface area contributed by atoms with Gasteiger partial charge in [-0.3, -0.25) is 4.79 Å². The van der Waals surface area contributed by atoms with Gasteiger partial charge in [0, 0.05) is 50.9 Å². The van der Waals surface area contributed by atoms with Crippen molar-refractivity contribution in [2.75, 3.05) is 38.2 Å². The van der Waals surface area contributed by atoms with Gasteiger partial charge in [0.25, 0.3) is 5.56 Å². The third kappa shape index (κ3) is 3.69. The zero-order chi connectivity index (χ0) is 21.4. The number of hydrogen-bond donors (Lipinski definition) is 2. The number of nitrogens with one attached hydrogen (secondary N) is 2. The number of nitrogens with zero attached hydrogens (tertiary/aromatic N) is 4. The summed E-state index contributed by atoms with van der Waals surface area (Å²) in [6, 6.07) is 6.09. The van der Waals surface area contributed by atoms with Gasteiger partial charge in [0.1, 0.15) is 17.0 Å². The van der Waals surface area contributed by atoms with Gasteiger partial charge in [-0.15, -0.1) is 0 Å². The van der Waals surface area contributed by atoms with Gasteiger partial charge in [-0.25, -0.2) is 9.67 Å². The maximum absolute atomic E-state index is 13.2. The molecule has 8 nitrogen and oxygen atoms in total. The van der Waals surface area contributed by atoms with Crippen molar-refractivity contribution in [2.24, 2.45) is 7.05 Å². The molecule has 1 aliphatic heterocycles. The lowest BCUT2D eigenvalue weighted by Gasteiger charge is -2.29. The Labute approximate surface area is 181 Å². The molecule has 2 N–H and O–H groups in total. The molecule has 0 spiro atoms. The topological polar surface area (TPSA) is 88.1 Å². The number of H-pyrrole nitrogens is 1. The van der Waals surface area contributed by atoms with Gasteiger partial charge in [-0.05, 0) is 25.0 Å². The van der Waals surface area contributed by atoms with Crippen molar-refractivity contribution in [3.05, 3.63) is 34.2 Å². The van der Waals surface area contributed by atoms with Crippen LogP contribution in [0.3, 0.4) is 0 Å². The SMILES string of the molecule is COc1cc(N2CCNCC2)ccc1-c1nc2c(c(C3CCCCC3)nn2C)c(=O)[nH]1. The van der Waals surface area contributed by atoms with E-state index in [1.165, 1.54) is 19.3 Å². The fraction of sp³-hybridized carbons (Fsp3) is 0.522. The van der Waals surface area contributed by atoms with Crippen LogP contribution in [-0.4, -0.2) is 53.0 Å². The molecule has 1 saturated carbocycles. The van der Waals surface area contributed by atoms with Gasteiger partial charge in [0.15, 0.2) is 5.65 Å². The van der Waals surface area contributed by atoms with Crippen LogP contribution in [0.4, 0.5) is 5.69 Å². The number of piperazine rings is 1. The highest BCUT2D eigenvalue weighted by Crippen LogP contribution is 2.36. The molecule has 2 fully saturated rings. The average Bonchev–Trinajstić information content (AvgIpc) is 3.16. The number of anilines is 1. The first-order valence-electron chi connectivity index (χ1n) is 11.3. The molecule has 0 amide bonds. The Morgan fingerprint density at radius 3 is 2.65 bits per heavy atom. The summed E-state index contributed by atoms with van der Waals surface area (Å²) in [6.07, 6.45) is 5.85. The molecular formula is C23H30N6O2. The van der Waals surface area contributed by atoms with Crippen molar-refractivity contribution >= 4 is 16.7 Å². The van der Waals surface area contributed by atoms with E-state index in [1.54, 1.807) is 11.8 Å². The lowest BCUT2D eigenvalue weighted by Crippen LogP contribution is -2.43. The van der Waals surface area contributed by atoms with Crippen molar-refractivity contribution < 1.29 is 4.74 Å². The Hall–Kier alpha value is -2.87. The first-order chi connectivity index (χ1) is 15.2. The first kappa shape index (κ1) is 20.1. The van der Waals surface area contributed by atoms with Crippen LogP contribution in [0.2, 0.25) is 0 Å². The highest BCUT2D eigenvalue weighted by molar-refractivity contribution is 5.81. The van der Waals surface area contributed by atoms with Crippen LogP contribution in [0.25, 0.3) is 22.4 Å². The lowest BCUT2D eigenvalue weighted by molar-refractivity contribution is 0.416. The van der Waals surface area contributed by atoms with Crippen LogP contribution in [0, 0.1) is 0 Å². The number of fused-ring (bicyclic) bond motifs is 1. The highest BCUT2D eigenvalue weighted by atomic mass is 16.5. The summed E-state index contributed by atoms with van der Waals surface area (Å²) in [4.78, 5) is 23.3. The predicted octanol–water partition coefficient (Wildman–Crippen LogP) is 2.79. The molecule has 8 heteroatoms. The fourth-order valence-electron chi connectivity index (χ4n) is 4.97. The molecule has 1 aliphatic carbocycles. The number of aromatic amines is 1. The van der Waals surface area contributed by atoms with E-state index in [-0.39, 0.29) is 5.56 Å². The van der Waals surface area contributed by atoms with E-state index < -0.39 is 0 Å². The molecule has 31 heavy (non-hydrogen) atoms. The van der Waals surface area contributed by atoms with Crippen molar-refractivity contribution in [3.8, 4) is 17.1 Å². The smallest absolute Gasteiger partial charge is 0.262 e. The number of ether oxygens (including phenoxy) is 1. The van der Waals surface area contributed by atoms with Gasteiger partial charge in [-0.2, -0.15) is 5.10 Å². The molecular weight excluding hydrogens is 392 g/mol. The van der Waals surface area contributed by atoms with Crippen molar-refractivity contribution in [2.45, 2.75) is 38.0 Å². The third-order valence-corrected chi connectivity index (χ3v) is 6.63. The number of hydrogen-bond acceptors (Lipinski definition) is 6. The maximum Gasteiger partial charge on any atom is 0.262 e. The van der Waals surface area contributed by atoms with Crippen LogP contribution >= 0.6 is 0 Å². The van der Waals surface area contributed by atoms with Crippen LogP contribution in [0.15, 0.2) is 23.0 Å². The van der Waals surface area contributed by atoms with Crippen molar-refractivity contribution in [3.63, 3.8) is 0 Å². The van der Waals surface area contributed by atoms with E-state index >= 15 is 0 Å². The van der Waals surface area contributed by atoms with Gasteiger partial charge < -0.3 is 19.9 Å². The summed E-state index contributed by atoms with van der Waals surface area (Å²) in [5.74, 6) is 1.56. The Kier molecular flexibility index (Phi) is 5.40. The van der Waals surface area contributed by atoms with Gasteiger partial charge >= 0.3 is 0 Å². The molecule has 0 unspecified atom stereocenters. The molecule has 0 bridgehead atoms. The monoisotopic (exact) mass is 422 g/mol. The van der Waals surface area contributed by atoms with Crippen LogP contribution in [-0.2, 0) is 7.05 Å². The number of methoxy groups -OCH3 is 1. The minimum Gasteiger partial charge on any atom is -0.496 e. The maximum atomic E-state index is 13.2. The number of aromatic nitrogens is 4. The Balaban J connectivity index is 1.56. The van der Waals surface area contributed by atoms with Crippen molar-refractivity contribution in [1.29, 1.82) is 0 Å².